The Kier molecular flexibility index (Phi) is 5.14. The van der Waals surface area contributed by atoms with Gasteiger partial charge in [0.05, 0.1) is 10.5 Å². The van der Waals surface area contributed by atoms with Crippen LogP contribution in [-0.2, 0) is 19.9 Å². The van der Waals surface area contributed by atoms with E-state index in [-0.39, 0.29) is 11.4 Å². The third-order valence-electron chi connectivity index (χ3n) is 3.03. The lowest BCUT2D eigenvalue weighted by Gasteiger charge is -2.21. The van der Waals surface area contributed by atoms with Crippen molar-refractivity contribution in [3.8, 4) is 0 Å². The standard InChI is InChI=1S/C12H18FNO5S2/c1-4-12(2,15)8-14-21(18,19)11-7-9(20(3,16)17)5-6-10(11)13/h5-7,14-15H,4,8H2,1-3H3. The average molecular weight is 339 g/mol. The van der Waals surface area contributed by atoms with Crippen molar-refractivity contribution in [1.29, 1.82) is 0 Å². The number of rotatable bonds is 6. The Labute approximate surface area is 124 Å². The third kappa shape index (κ3) is 4.73. The predicted octanol–water partition coefficient (Wildman–Crippen LogP) is 0.668. The molecule has 0 saturated carbocycles. The second-order valence-corrected chi connectivity index (χ2v) is 8.79. The van der Waals surface area contributed by atoms with Crippen LogP contribution in [0.15, 0.2) is 28.0 Å². The molecule has 0 spiro atoms. The van der Waals surface area contributed by atoms with Crippen LogP contribution in [-0.4, -0.2) is 40.3 Å². The highest BCUT2D eigenvalue weighted by Gasteiger charge is 2.25. The number of sulfone groups is 1. The summed E-state index contributed by atoms with van der Waals surface area (Å²) in [4.78, 5) is -1.07. The monoisotopic (exact) mass is 339 g/mol. The van der Waals surface area contributed by atoms with Gasteiger partial charge in [-0.3, -0.25) is 0 Å². The molecule has 0 heterocycles. The minimum absolute atomic E-state index is 0.293. The number of halogens is 1. The van der Waals surface area contributed by atoms with E-state index >= 15 is 0 Å². The molecular formula is C12H18FNO5S2. The molecule has 1 aromatic rings. The summed E-state index contributed by atoms with van der Waals surface area (Å²) in [7, 11) is -7.93. The lowest BCUT2D eigenvalue weighted by Crippen LogP contribution is -2.40. The van der Waals surface area contributed by atoms with Crippen LogP contribution in [0.4, 0.5) is 4.39 Å². The molecule has 0 bridgehead atoms. The van der Waals surface area contributed by atoms with E-state index in [9.17, 15) is 26.3 Å². The fraction of sp³-hybridized carbons (Fsp3) is 0.500. The Morgan fingerprint density at radius 2 is 1.86 bits per heavy atom. The van der Waals surface area contributed by atoms with Crippen LogP contribution in [0.3, 0.4) is 0 Å². The lowest BCUT2D eigenvalue weighted by atomic mass is 10.1. The van der Waals surface area contributed by atoms with Crippen LogP contribution in [0, 0.1) is 5.82 Å². The Morgan fingerprint density at radius 3 is 2.33 bits per heavy atom. The van der Waals surface area contributed by atoms with Crippen LogP contribution >= 0.6 is 0 Å². The molecule has 0 amide bonds. The van der Waals surface area contributed by atoms with Crippen molar-refractivity contribution in [1.82, 2.24) is 4.72 Å². The van der Waals surface area contributed by atoms with Crippen LogP contribution in [0.1, 0.15) is 20.3 Å². The molecule has 6 nitrogen and oxygen atoms in total. The molecule has 1 aromatic carbocycles. The molecule has 0 aromatic heterocycles. The number of benzene rings is 1. The van der Waals surface area contributed by atoms with E-state index in [0.717, 1.165) is 24.5 Å². The number of hydrogen-bond acceptors (Lipinski definition) is 5. The SMILES string of the molecule is CCC(C)(O)CNS(=O)(=O)c1cc(S(C)(=O)=O)ccc1F. The second-order valence-electron chi connectivity index (χ2n) is 5.04. The summed E-state index contributed by atoms with van der Waals surface area (Å²) in [5.41, 5.74) is -1.28. The molecule has 9 heteroatoms. The molecule has 0 saturated heterocycles. The van der Waals surface area contributed by atoms with E-state index in [1.54, 1.807) is 6.92 Å². The van der Waals surface area contributed by atoms with Gasteiger partial charge in [-0.05, 0) is 31.5 Å². The van der Waals surface area contributed by atoms with Crippen molar-refractivity contribution in [3.05, 3.63) is 24.0 Å². The van der Waals surface area contributed by atoms with Gasteiger partial charge in [-0.1, -0.05) is 6.92 Å². The summed E-state index contributed by atoms with van der Waals surface area (Å²) >= 11 is 0. The van der Waals surface area contributed by atoms with Gasteiger partial charge in [0.1, 0.15) is 10.7 Å². The van der Waals surface area contributed by atoms with Crippen LogP contribution in [0.5, 0.6) is 0 Å². The van der Waals surface area contributed by atoms with E-state index in [1.165, 1.54) is 6.92 Å². The van der Waals surface area contributed by atoms with Gasteiger partial charge >= 0.3 is 0 Å². The zero-order valence-electron chi connectivity index (χ0n) is 11.9. The number of sulfonamides is 1. The van der Waals surface area contributed by atoms with Gasteiger partial charge in [-0.25, -0.2) is 25.9 Å². The first-order valence-corrected chi connectivity index (χ1v) is 9.48. The van der Waals surface area contributed by atoms with Crippen LogP contribution in [0.25, 0.3) is 0 Å². The van der Waals surface area contributed by atoms with Gasteiger partial charge in [-0.15, -0.1) is 0 Å². The zero-order valence-corrected chi connectivity index (χ0v) is 13.6. The van der Waals surface area contributed by atoms with Crippen LogP contribution in [0.2, 0.25) is 0 Å². The summed E-state index contributed by atoms with van der Waals surface area (Å²) in [6, 6.07) is 2.53. The van der Waals surface area contributed by atoms with Gasteiger partial charge in [0.15, 0.2) is 9.84 Å². The molecule has 0 fully saturated rings. The summed E-state index contributed by atoms with van der Waals surface area (Å²) in [5.74, 6) is -1.06. The molecule has 1 unspecified atom stereocenters. The van der Waals surface area contributed by atoms with E-state index in [1.807, 2.05) is 0 Å². The number of hydrogen-bond donors (Lipinski definition) is 2. The lowest BCUT2D eigenvalue weighted by molar-refractivity contribution is 0.0613. The van der Waals surface area contributed by atoms with Gasteiger partial charge in [0.2, 0.25) is 10.0 Å². The molecule has 120 valence electrons. The highest BCUT2D eigenvalue weighted by molar-refractivity contribution is 7.91. The topological polar surface area (TPSA) is 101 Å². The van der Waals surface area contributed by atoms with Gasteiger partial charge in [0.25, 0.3) is 0 Å². The Morgan fingerprint density at radius 1 is 1.29 bits per heavy atom. The largest absolute Gasteiger partial charge is 0.389 e. The Bertz CT molecular complexity index is 726. The average Bonchev–Trinajstić information content (AvgIpc) is 2.35. The minimum Gasteiger partial charge on any atom is -0.389 e. The van der Waals surface area contributed by atoms with Crippen molar-refractivity contribution in [2.24, 2.45) is 0 Å². The molecule has 2 N–H and O–H groups in total. The third-order valence-corrected chi connectivity index (χ3v) is 5.55. The van der Waals surface area contributed by atoms with Crippen molar-refractivity contribution >= 4 is 19.9 Å². The summed E-state index contributed by atoms with van der Waals surface area (Å²) < 4.78 is 62.6. The van der Waals surface area contributed by atoms with Crippen molar-refractivity contribution < 1.29 is 26.3 Å². The van der Waals surface area contributed by atoms with E-state index in [4.69, 9.17) is 0 Å². The first-order chi connectivity index (χ1) is 9.39. The highest BCUT2D eigenvalue weighted by atomic mass is 32.2. The highest BCUT2D eigenvalue weighted by Crippen LogP contribution is 2.20. The summed E-state index contributed by atoms with van der Waals surface area (Å²) in [5, 5.41) is 9.77. The fourth-order valence-corrected chi connectivity index (χ4v) is 3.36. The second kappa shape index (κ2) is 5.99. The maximum absolute atomic E-state index is 13.7. The fourth-order valence-electron chi connectivity index (χ4n) is 1.37. The van der Waals surface area contributed by atoms with E-state index in [0.29, 0.717) is 6.42 Å². The molecule has 0 aliphatic rings. The molecular weight excluding hydrogens is 321 g/mol. The molecule has 1 atom stereocenters. The van der Waals surface area contributed by atoms with Gasteiger partial charge in [-0.2, -0.15) is 0 Å². The Hall–Kier alpha value is -1.03. The Balaban J connectivity index is 3.20. The van der Waals surface area contributed by atoms with E-state index in [2.05, 4.69) is 4.72 Å². The molecule has 0 aliphatic heterocycles. The van der Waals surface area contributed by atoms with E-state index < -0.39 is 36.2 Å². The molecule has 0 aliphatic carbocycles. The maximum atomic E-state index is 13.7. The van der Waals surface area contributed by atoms with Crippen molar-refractivity contribution in [3.63, 3.8) is 0 Å². The smallest absolute Gasteiger partial charge is 0.243 e. The first-order valence-electron chi connectivity index (χ1n) is 6.11. The molecule has 1 rings (SSSR count). The molecule has 0 radical (unpaired) electrons. The first kappa shape index (κ1) is 18.0. The van der Waals surface area contributed by atoms with Crippen LogP contribution < -0.4 is 4.72 Å². The van der Waals surface area contributed by atoms with Gasteiger partial charge in [0, 0.05) is 12.8 Å². The predicted molar refractivity (Wildman–Crippen MR) is 75.6 cm³/mol. The number of aliphatic hydroxyl groups is 1. The summed E-state index contributed by atoms with van der Waals surface area (Å²) in [6.45, 7) is 2.78. The minimum atomic E-state index is -4.27. The van der Waals surface area contributed by atoms with Crippen molar-refractivity contribution in [2.75, 3.05) is 12.8 Å². The maximum Gasteiger partial charge on any atom is 0.243 e. The normalized spacial score (nSPS) is 15.7. The quantitative estimate of drug-likeness (QED) is 0.742. The van der Waals surface area contributed by atoms with Gasteiger partial charge < -0.3 is 5.11 Å². The molecule has 21 heavy (non-hydrogen) atoms. The van der Waals surface area contributed by atoms with Crippen molar-refractivity contribution in [2.45, 2.75) is 35.7 Å². The number of nitrogens with one attached hydrogen (secondary N) is 1. The zero-order chi connectivity index (χ0) is 16.5. The summed E-state index contributed by atoms with van der Waals surface area (Å²) in [6.07, 6.45) is 1.19.